The number of esters is 4. The van der Waals surface area contributed by atoms with Gasteiger partial charge in [0.25, 0.3) is 5.91 Å². The minimum Gasteiger partial charge on any atom is -0.496 e. The third-order valence-corrected chi connectivity index (χ3v) is 17.2. The van der Waals surface area contributed by atoms with E-state index in [0.717, 1.165) is 22.1 Å². The largest absolute Gasteiger partial charge is 0.496 e. The van der Waals surface area contributed by atoms with Crippen molar-refractivity contribution in [2.75, 3.05) is 66.6 Å². The number of aliphatic hydroxyl groups is 1. The van der Waals surface area contributed by atoms with Crippen LogP contribution in [0.5, 0.6) is 5.75 Å². The number of carbonyl (C=O) groups is 5. The topological polar surface area (TPSA) is 189 Å². The standard InChI is InChI=1S/C57H65N5O11/c1-9-34-25-36-29-56(52(66)71-7,46-38(37-19-14-15-20-42(37)59-46)26-39(48(65)70-6)45(62(31-34)32-36)47(64)58-30-35-17-12-11-13-18-35)41-27-40-43(28-44(41)69-5)60(4)50-55(40)22-24-61-23-16-21-54(10-2,49(55)61)51(73-33(3)63)57(50,68)53(67)72-8/h11-21,25,27-28,36,49-51,59,68H,9-10,22-24,26,29-32H2,1-8H3,(H,58,64)/b45-39+/t36-,49-,50+,51+,54+,55+,56-,57-/m0/s1. The second kappa shape index (κ2) is 18.5. The summed E-state index contributed by atoms with van der Waals surface area (Å²) in [6.45, 7) is 7.32. The van der Waals surface area contributed by atoms with Gasteiger partial charge in [0.1, 0.15) is 16.9 Å². The Morgan fingerprint density at radius 1 is 0.904 bits per heavy atom. The highest BCUT2D eigenvalue weighted by Gasteiger charge is 2.80. The minimum absolute atomic E-state index is 0.112. The molecule has 5 aliphatic heterocycles. The molecular formula is C57H65N5O11. The number of carbonyl (C=O) groups excluding carboxylic acids is 5. The summed E-state index contributed by atoms with van der Waals surface area (Å²) < 4.78 is 29.8. The van der Waals surface area contributed by atoms with Crippen LogP contribution in [-0.4, -0.2) is 135 Å². The molecule has 1 aromatic heterocycles. The van der Waals surface area contributed by atoms with Crippen LogP contribution in [0.1, 0.15) is 74.4 Å². The third-order valence-electron chi connectivity index (χ3n) is 17.2. The highest BCUT2D eigenvalue weighted by molar-refractivity contribution is 6.04. The van der Waals surface area contributed by atoms with Gasteiger partial charge in [-0.1, -0.05) is 86.2 Å². The van der Waals surface area contributed by atoms with Crippen LogP contribution in [0, 0.1) is 11.3 Å². The molecule has 16 nitrogen and oxygen atoms in total. The first kappa shape index (κ1) is 49.7. The van der Waals surface area contributed by atoms with E-state index in [0.29, 0.717) is 72.7 Å². The lowest BCUT2D eigenvalue weighted by Crippen LogP contribution is -2.81. The van der Waals surface area contributed by atoms with E-state index in [2.05, 4.69) is 21.3 Å². The number of benzene rings is 3. The van der Waals surface area contributed by atoms with Crippen LogP contribution in [0.3, 0.4) is 0 Å². The number of aromatic amines is 1. The molecule has 0 radical (unpaired) electrons. The maximum atomic E-state index is 15.9. The predicted molar refractivity (Wildman–Crippen MR) is 271 cm³/mol. The minimum atomic E-state index is -2.39. The van der Waals surface area contributed by atoms with Gasteiger partial charge >= 0.3 is 23.9 Å². The number of nitrogens with zero attached hydrogens (tertiary/aromatic N) is 3. The quantitative estimate of drug-likeness (QED) is 0.0966. The maximum absolute atomic E-state index is 15.9. The number of rotatable bonds is 11. The zero-order valence-electron chi connectivity index (χ0n) is 42.8. The van der Waals surface area contributed by atoms with E-state index < -0.39 is 75.7 Å². The molecule has 1 spiro atoms. The maximum Gasteiger partial charge on any atom is 0.344 e. The Bertz CT molecular complexity index is 3020. The lowest BCUT2D eigenvalue weighted by molar-refractivity contribution is -0.228. The van der Waals surface area contributed by atoms with Crippen LogP contribution in [0.25, 0.3) is 10.9 Å². The second-order valence-corrected chi connectivity index (χ2v) is 20.6. The van der Waals surface area contributed by atoms with Gasteiger partial charge in [0.15, 0.2) is 6.10 Å². The van der Waals surface area contributed by atoms with Crippen molar-refractivity contribution in [1.29, 1.82) is 0 Å². The van der Waals surface area contributed by atoms with Crippen LogP contribution in [-0.2, 0) is 66.7 Å². The molecule has 6 aliphatic rings. The molecule has 3 N–H and O–H groups in total. The summed E-state index contributed by atoms with van der Waals surface area (Å²) in [5.41, 5.74) is -0.324. The molecule has 8 atom stereocenters. The summed E-state index contributed by atoms with van der Waals surface area (Å²) >= 11 is 0. The molecule has 6 heterocycles. The van der Waals surface area contributed by atoms with Crippen molar-refractivity contribution in [2.45, 2.75) is 94.0 Å². The molecule has 1 saturated carbocycles. The number of amides is 1. The SMILES string of the molecule is CCC1=C[C@@H]2CN(C1)/C(C(=O)NCc1ccccc1)=C(/C(=O)OC)Cc1c([nH]c3ccccc13)[C@@](C(=O)OC)(c1cc3c(cc1OC)N(C)[C@H]1[C@@](O)(C(=O)OC)[C@H](OC(C)=O)[C@]4(CC)C=CCN5CC[C@]31[C@@H]54)C2. The fourth-order valence-corrected chi connectivity index (χ4v) is 14.5. The Labute approximate surface area is 425 Å². The van der Waals surface area contributed by atoms with Crippen LogP contribution >= 0.6 is 0 Å². The molecule has 1 aliphatic carbocycles. The van der Waals surface area contributed by atoms with Crippen LogP contribution < -0.4 is 15.0 Å². The van der Waals surface area contributed by atoms with Gasteiger partial charge in [-0.2, -0.15) is 0 Å². The average molecular weight is 996 g/mol. The van der Waals surface area contributed by atoms with Crippen molar-refractivity contribution in [3.05, 3.63) is 130 Å². The van der Waals surface area contributed by atoms with Gasteiger partial charge in [0.05, 0.1) is 40.1 Å². The van der Waals surface area contributed by atoms with Gasteiger partial charge in [-0.25, -0.2) is 9.59 Å². The van der Waals surface area contributed by atoms with Crippen molar-refractivity contribution in [3.63, 3.8) is 0 Å². The van der Waals surface area contributed by atoms with Crippen LogP contribution in [0.15, 0.2) is 102 Å². The van der Waals surface area contributed by atoms with E-state index in [1.807, 2.05) is 110 Å². The summed E-state index contributed by atoms with van der Waals surface area (Å²) in [5, 5.41) is 17.4. The number of para-hydroxylation sites is 1. The van der Waals surface area contributed by atoms with Crippen molar-refractivity contribution in [1.82, 2.24) is 20.1 Å². The second-order valence-electron chi connectivity index (χ2n) is 20.6. The first-order valence-electron chi connectivity index (χ1n) is 25.2. The average Bonchev–Trinajstić information content (AvgIpc) is 4.06. The van der Waals surface area contributed by atoms with Gasteiger partial charge < -0.3 is 48.9 Å². The zero-order chi connectivity index (χ0) is 51.8. The summed E-state index contributed by atoms with van der Waals surface area (Å²) in [6.07, 6.45) is 6.43. The van der Waals surface area contributed by atoms with Crippen molar-refractivity contribution < 1.29 is 52.8 Å². The van der Waals surface area contributed by atoms with Crippen molar-refractivity contribution >= 4 is 46.4 Å². The molecule has 384 valence electrons. The third kappa shape index (κ3) is 7.17. The first-order chi connectivity index (χ1) is 35.1. The lowest BCUT2D eigenvalue weighted by Gasteiger charge is -2.63. The number of hydrogen-bond acceptors (Lipinski definition) is 14. The highest BCUT2D eigenvalue weighted by atomic mass is 16.6. The fraction of sp³-hybridized carbons (Fsp3) is 0.456. The monoisotopic (exact) mass is 995 g/mol. The summed E-state index contributed by atoms with van der Waals surface area (Å²) in [4.78, 5) is 83.0. The lowest BCUT2D eigenvalue weighted by atomic mass is 9.47. The van der Waals surface area contributed by atoms with Gasteiger partial charge in [0.2, 0.25) is 5.60 Å². The molecule has 16 heteroatoms. The van der Waals surface area contributed by atoms with E-state index in [1.165, 1.54) is 28.3 Å². The molecule has 1 amide bonds. The smallest absolute Gasteiger partial charge is 0.344 e. The highest BCUT2D eigenvalue weighted by Crippen LogP contribution is 2.68. The molecular weight excluding hydrogens is 931 g/mol. The van der Waals surface area contributed by atoms with E-state index in [9.17, 15) is 24.3 Å². The number of ether oxygens (including phenoxy) is 5. The van der Waals surface area contributed by atoms with Gasteiger partial charge in [-0.05, 0) is 67.0 Å². The number of hydrogen-bond donors (Lipinski definition) is 3. The Morgan fingerprint density at radius 3 is 2.33 bits per heavy atom. The number of methoxy groups -OCH3 is 4. The molecule has 10 rings (SSSR count). The molecule has 2 fully saturated rings. The molecule has 2 bridgehead atoms. The summed E-state index contributed by atoms with van der Waals surface area (Å²) in [6, 6.07) is 19.7. The normalized spacial score (nSPS) is 30.0. The molecule has 3 aromatic carbocycles. The molecule has 4 aromatic rings. The van der Waals surface area contributed by atoms with Gasteiger partial charge in [0, 0.05) is 97.4 Å². The summed E-state index contributed by atoms with van der Waals surface area (Å²) in [5.74, 6) is -3.37. The summed E-state index contributed by atoms with van der Waals surface area (Å²) in [7, 11) is 7.28. The number of anilines is 1. The van der Waals surface area contributed by atoms with E-state index in [-0.39, 0.29) is 37.2 Å². The number of fused-ring (bicyclic) bond motifs is 6. The van der Waals surface area contributed by atoms with E-state index in [1.54, 1.807) is 7.11 Å². The number of likely N-dealkylation sites (N-methyl/N-ethyl adjacent to an activating group) is 1. The van der Waals surface area contributed by atoms with Crippen LogP contribution in [0.2, 0.25) is 0 Å². The molecule has 73 heavy (non-hydrogen) atoms. The number of nitrogens with one attached hydrogen (secondary N) is 2. The Balaban J connectivity index is 1.27. The van der Waals surface area contributed by atoms with E-state index in [4.69, 9.17) is 23.7 Å². The first-order valence-corrected chi connectivity index (χ1v) is 25.2. The Kier molecular flexibility index (Phi) is 12.6. The number of aromatic nitrogens is 1. The van der Waals surface area contributed by atoms with Crippen LogP contribution in [0.4, 0.5) is 5.69 Å². The van der Waals surface area contributed by atoms with E-state index >= 15 is 4.79 Å². The Hall–Kier alpha value is -6.91. The van der Waals surface area contributed by atoms with Gasteiger partial charge in [-0.15, -0.1) is 0 Å². The Morgan fingerprint density at radius 2 is 1.64 bits per heavy atom. The molecule has 0 unspecified atom stereocenters. The number of H-pyrrole nitrogens is 1. The van der Waals surface area contributed by atoms with Crippen molar-refractivity contribution in [3.8, 4) is 5.75 Å². The molecule has 1 saturated heterocycles. The zero-order valence-corrected chi connectivity index (χ0v) is 42.8. The van der Waals surface area contributed by atoms with Crippen molar-refractivity contribution in [2.24, 2.45) is 11.3 Å². The van der Waals surface area contributed by atoms with Gasteiger partial charge in [-0.3, -0.25) is 19.3 Å². The predicted octanol–water partition coefficient (Wildman–Crippen LogP) is 5.54. The fourth-order valence-electron chi connectivity index (χ4n) is 14.5.